The zero-order valence-electron chi connectivity index (χ0n) is 10.3. The van der Waals surface area contributed by atoms with Crippen molar-refractivity contribution in [3.63, 3.8) is 0 Å². The van der Waals surface area contributed by atoms with Gasteiger partial charge in [0, 0.05) is 5.56 Å². The minimum Gasteiger partial charge on any atom is -0.493 e. The predicted molar refractivity (Wildman–Crippen MR) is 62.2 cm³/mol. The molecule has 0 heterocycles. The normalized spacial score (nSPS) is 18.6. The summed E-state index contributed by atoms with van der Waals surface area (Å²) in [4.78, 5) is 0. The largest absolute Gasteiger partial charge is 0.493 e. The van der Waals surface area contributed by atoms with Crippen molar-refractivity contribution in [2.75, 3.05) is 14.2 Å². The fourth-order valence-electron chi connectivity index (χ4n) is 1.97. The van der Waals surface area contributed by atoms with Crippen LogP contribution in [0.25, 0.3) is 0 Å². The molecule has 1 aromatic rings. The van der Waals surface area contributed by atoms with Crippen LogP contribution in [0.3, 0.4) is 0 Å². The van der Waals surface area contributed by atoms with Crippen molar-refractivity contribution in [2.45, 2.75) is 31.5 Å². The third kappa shape index (κ3) is 2.09. The summed E-state index contributed by atoms with van der Waals surface area (Å²) in [5, 5.41) is 10.1. The maximum atomic E-state index is 13.6. The number of alkyl halides is 1. The van der Waals surface area contributed by atoms with Gasteiger partial charge in [-0.25, -0.2) is 4.39 Å². The molecular formula is C13H17FO3. The van der Waals surface area contributed by atoms with Gasteiger partial charge in [-0.05, 0) is 37.5 Å². The molecule has 0 aliphatic heterocycles. The average molecular weight is 240 g/mol. The maximum Gasteiger partial charge on any atom is 0.166 e. The number of hydrogen-bond donors (Lipinski definition) is 1. The molecule has 1 atom stereocenters. The van der Waals surface area contributed by atoms with Crippen LogP contribution in [0, 0.1) is 0 Å². The molecule has 1 aromatic carbocycles. The van der Waals surface area contributed by atoms with Crippen LogP contribution in [-0.2, 0) is 5.60 Å². The highest BCUT2D eigenvalue weighted by Crippen LogP contribution is 2.49. The highest BCUT2D eigenvalue weighted by molar-refractivity contribution is 5.52. The molecule has 0 spiro atoms. The van der Waals surface area contributed by atoms with Gasteiger partial charge in [0.2, 0.25) is 0 Å². The van der Waals surface area contributed by atoms with Gasteiger partial charge in [-0.2, -0.15) is 0 Å². The number of methoxy groups -OCH3 is 2. The standard InChI is InChI=1S/C13H17FO3/c1-8(14)10-6-9(13(15)4-5-13)7-11(16-2)12(10)17-3/h6-8,15H,4-5H2,1-3H3. The summed E-state index contributed by atoms with van der Waals surface area (Å²) in [6.07, 6.45) is 0.256. The minimum atomic E-state index is -1.17. The Labute approximate surface area is 100 Å². The number of aliphatic hydroxyl groups is 1. The molecule has 3 nitrogen and oxygen atoms in total. The minimum absolute atomic E-state index is 0.399. The molecule has 0 amide bonds. The van der Waals surface area contributed by atoms with Crippen molar-refractivity contribution in [3.8, 4) is 11.5 Å². The second kappa shape index (κ2) is 4.18. The zero-order valence-corrected chi connectivity index (χ0v) is 10.3. The first-order valence-corrected chi connectivity index (χ1v) is 5.64. The van der Waals surface area contributed by atoms with E-state index in [1.54, 1.807) is 12.1 Å². The van der Waals surface area contributed by atoms with Crippen LogP contribution in [0.5, 0.6) is 11.5 Å². The van der Waals surface area contributed by atoms with E-state index >= 15 is 0 Å². The van der Waals surface area contributed by atoms with Gasteiger partial charge in [-0.3, -0.25) is 0 Å². The molecule has 0 radical (unpaired) electrons. The summed E-state index contributed by atoms with van der Waals surface area (Å²) < 4.78 is 23.9. The summed E-state index contributed by atoms with van der Waals surface area (Å²) >= 11 is 0. The number of ether oxygens (including phenoxy) is 2. The van der Waals surface area contributed by atoms with Crippen molar-refractivity contribution in [2.24, 2.45) is 0 Å². The lowest BCUT2D eigenvalue weighted by Gasteiger charge is -2.18. The summed E-state index contributed by atoms with van der Waals surface area (Å²) in [6, 6.07) is 3.39. The van der Waals surface area contributed by atoms with Gasteiger partial charge in [-0.1, -0.05) is 0 Å². The van der Waals surface area contributed by atoms with Crippen molar-refractivity contribution in [1.82, 2.24) is 0 Å². The van der Waals surface area contributed by atoms with Crippen LogP contribution < -0.4 is 9.47 Å². The van der Waals surface area contributed by atoms with Crippen LogP contribution in [0.15, 0.2) is 12.1 Å². The van der Waals surface area contributed by atoms with E-state index in [-0.39, 0.29) is 0 Å². The first-order valence-electron chi connectivity index (χ1n) is 5.64. The highest BCUT2D eigenvalue weighted by atomic mass is 19.1. The van der Waals surface area contributed by atoms with E-state index in [2.05, 4.69) is 0 Å². The summed E-state index contributed by atoms with van der Waals surface area (Å²) in [7, 11) is 2.99. The molecule has 4 heteroatoms. The highest BCUT2D eigenvalue weighted by Gasteiger charge is 2.43. The van der Waals surface area contributed by atoms with E-state index in [4.69, 9.17) is 9.47 Å². The number of rotatable bonds is 4. The average Bonchev–Trinajstić information content (AvgIpc) is 3.06. The fraction of sp³-hybridized carbons (Fsp3) is 0.538. The third-order valence-corrected chi connectivity index (χ3v) is 3.20. The molecule has 0 aromatic heterocycles. The van der Waals surface area contributed by atoms with Crippen molar-refractivity contribution >= 4 is 0 Å². The zero-order chi connectivity index (χ0) is 12.6. The summed E-state index contributed by atoms with van der Waals surface area (Å²) in [5.41, 5.74) is 0.320. The Morgan fingerprint density at radius 3 is 2.35 bits per heavy atom. The van der Waals surface area contributed by atoms with Crippen LogP contribution in [0.1, 0.15) is 37.1 Å². The third-order valence-electron chi connectivity index (χ3n) is 3.20. The molecule has 1 unspecified atom stereocenters. The molecule has 1 saturated carbocycles. The van der Waals surface area contributed by atoms with Crippen LogP contribution in [0.4, 0.5) is 4.39 Å². The quantitative estimate of drug-likeness (QED) is 0.879. The van der Waals surface area contributed by atoms with Gasteiger partial charge in [0.25, 0.3) is 0 Å². The van der Waals surface area contributed by atoms with Gasteiger partial charge in [0.1, 0.15) is 6.17 Å². The molecule has 2 rings (SSSR count). The van der Waals surface area contributed by atoms with Crippen molar-refractivity contribution < 1.29 is 19.0 Å². The van der Waals surface area contributed by atoms with E-state index in [1.807, 2.05) is 0 Å². The maximum absolute atomic E-state index is 13.6. The number of benzene rings is 1. The topological polar surface area (TPSA) is 38.7 Å². The van der Waals surface area contributed by atoms with Crippen LogP contribution in [-0.4, -0.2) is 19.3 Å². The second-order valence-corrected chi connectivity index (χ2v) is 4.45. The SMILES string of the molecule is COc1cc(C2(O)CC2)cc(C(C)F)c1OC. The van der Waals surface area contributed by atoms with Crippen molar-refractivity contribution in [3.05, 3.63) is 23.3 Å². The Bertz CT molecular complexity index is 425. The van der Waals surface area contributed by atoms with Gasteiger partial charge in [0.05, 0.1) is 19.8 Å². The molecule has 1 fully saturated rings. The molecule has 94 valence electrons. The Morgan fingerprint density at radius 2 is 1.94 bits per heavy atom. The van der Waals surface area contributed by atoms with Crippen LogP contribution >= 0.6 is 0 Å². The summed E-state index contributed by atoms with van der Waals surface area (Å²) in [6.45, 7) is 1.44. The lowest BCUT2D eigenvalue weighted by molar-refractivity contribution is 0.150. The molecular weight excluding hydrogens is 223 g/mol. The van der Waals surface area contributed by atoms with Gasteiger partial charge in [-0.15, -0.1) is 0 Å². The summed E-state index contributed by atoms with van der Waals surface area (Å²) in [5.74, 6) is 0.861. The molecule has 0 saturated heterocycles. The second-order valence-electron chi connectivity index (χ2n) is 4.45. The molecule has 1 aliphatic carbocycles. The van der Waals surface area contributed by atoms with E-state index < -0.39 is 11.8 Å². The van der Waals surface area contributed by atoms with Crippen LogP contribution in [0.2, 0.25) is 0 Å². The van der Waals surface area contributed by atoms with Crippen molar-refractivity contribution in [1.29, 1.82) is 0 Å². The molecule has 0 bridgehead atoms. The monoisotopic (exact) mass is 240 g/mol. The van der Waals surface area contributed by atoms with E-state index in [0.717, 1.165) is 0 Å². The fourth-order valence-corrected chi connectivity index (χ4v) is 1.97. The number of halogens is 1. The molecule has 17 heavy (non-hydrogen) atoms. The van der Waals surface area contributed by atoms with Gasteiger partial charge in [0.15, 0.2) is 11.5 Å². The lowest BCUT2D eigenvalue weighted by atomic mass is 10.0. The Balaban J connectivity index is 2.55. The Hall–Kier alpha value is -1.29. The van der Waals surface area contributed by atoms with E-state index in [1.165, 1.54) is 21.1 Å². The van der Waals surface area contributed by atoms with Gasteiger partial charge >= 0.3 is 0 Å². The van der Waals surface area contributed by atoms with E-state index in [9.17, 15) is 9.50 Å². The predicted octanol–water partition coefficient (Wildman–Crippen LogP) is 2.72. The van der Waals surface area contributed by atoms with E-state index in [0.29, 0.717) is 35.5 Å². The molecule has 1 aliphatic rings. The first kappa shape index (κ1) is 12.2. The number of hydrogen-bond acceptors (Lipinski definition) is 3. The molecule has 1 N–H and O–H groups in total. The Morgan fingerprint density at radius 1 is 1.29 bits per heavy atom. The first-order chi connectivity index (χ1) is 8.01. The Kier molecular flexibility index (Phi) is 3.00. The smallest absolute Gasteiger partial charge is 0.166 e. The van der Waals surface area contributed by atoms with Gasteiger partial charge < -0.3 is 14.6 Å². The lowest BCUT2D eigenvalue weighted by Crippen LogP contribution is -2.07.